The molecule has 1 heterocycles. The summed E-state index contributed by atoms with van der Waals surface area (Å²) in [5, 5.41) is 17.7. The molecule has 1 rings (SSSR count). The number of hydrogen-bond acceptors (Lipinski definition) is 3. The lowest BCUT2D eigenvalue weighted by molar-refractivity contribution is 0.0683. The van der Waals surface area contributed by atoms with E-state index in [0.29, 0.717) is 0 Å². The van der Waals surface area contributed by atoms with Gasteiger partial charge in [-0.2, -0.15) is 5.26 Å². The fraction of sp³-hybridized carbons (Fsp3) is 0.222. The Hall–Kier alpha value is -1.55. The van der Waals surface area contributed by atoms with Crippen LogP contribution in [-0.4, -0.2) is 16.1 Å². The molecule has 0 saturated carbocycles. The molecule has 84 valence electrons. The van der Waals surface area contributed by atoms with Crippen LogP contribution in [0.2, 0.25) is 0 Å². The SMILES string of the molecule is N#Cc1c(CBr)ncc(C(F)F)c1C(=O)O. The van der Waals surface area contributed by atoms with Crippen molar-refractivity contribution >= 4 is 21.9 Å². The predicted molar refractivity (Wildman–Crippen MR) is 53.5 cm³/mol. The van der Waals surface area contributed by atoms with E-state index in [0.717, 1.165) is 6.20 Å². The van der Waals surface area contributed by atoms with Crippen molar-refractivity contribution in [2.75, 3.05) is 0 Å². The number of halogens is 3. The second-order valence-corrected chi connectivity index (χ2v) is 3.32. The first-order chi connectivity index (χ1) is 7.52. The zero-order valence-corrected chi connectivity index (χ0v) is 9.33. The van der Waals surface area contributed by atoms with E-state index >= 15 is 0 Å². The van der Waals surface area contributed by atoms with Crippen molar-refractivity contribution in [3.05, 3.63) is 28.6 Å². The van der Waals surface area contributed by atoms with Gasteiger partial charge in [-0.3, -0.25) is 4.98 Å². The zero-order valence-electron chi connectivity index (χ0n) is 7.75. The summed E-state index contributed by atoms with van der Waals surface area (Å²) in [6, 6.07) is 1.59. The van der Waals surface area contributed by atoms with E-state index in [1.807, 2.05) is 0 Å². The maximum Gasteiger partial charge on any atom is 0.337 e. The highest BCUT2D eigenvalue weighted by Gasteiger charge is 2.24. The van der Waals surface area contributed by atoms with Crippen LogP contribution in [0.1, 0.15) is 33.6 Å². The predicted octanol–water partition coefficient (Wildman–Crippen LogP) is 2.48. The Labute approximate surface area is 97.7 Å². The highest BCUT2D eigenvalue weighted by atomic mass is 79.9. The largest absolute Gasteiger partial charge is 0.478 e. The van der Waals surface area contributed by atoms with E-state index in [1.54, 1.807) is 6.07 Å². The third kappa shape index (κ3) is 2.17. The Balaban J connectivity index is 3.59. The molecule has 1 N–H and O–H groups in total. The average Bonchev–Trinajstić information content (AvgIpc) is 2.26. The molecular weight excluding hydrogens is 286 g/mol. The molecule has 0 aliphatic rings. The van der Waals surface area contributed by atoms with Crippen LogP contribution in [0, 0.1) is 11.3 Å². The van der Waals surface area contributed by atoms with Gasteiger partial charge in [-0.25, -0.2) is 13.6 Å². The molecular formula is C9H5BrF2N2O2. The molecule has 16 heavy (non-hydrogen) atoms. The van der Waals surface area contributed by atoms with E-state index < -0.39 is 23.5 Å². The Morgan fingerprint density at radius 1 is 1.69 bits per heavy atom. The van der Waals surface area contributed by atoms with Crippen molar-refractivity contribution in [1.29, 1.82) is 5.26 Å². The lowest BCUT2D eigenvalue weighted by atomic mass is 10.0. The van der Waals surface area contributed by atoms with Crippen molar-refractivity contribution in [3.63, 3.8) is 0 Å². The summed E-state index contributed by atoms with van der Waals surface area (Å²) in [5.41, 5.74) is -1.62. The molecule has 4 nitrogen and oxygen atoms in total. The number of nitrogens with zero attached hydrogens (tertiary/aromatic N) is 2. The van der Waals surface area contributed by atoms with Gasteiger partial charge >= 0.3 is 5.97 Å². The standard InChI is InChI=1S/C9H5BrF2N2O2/c10-1-6-4(2-13)7(9(15)16)5(3-14-6)8(11)12/h3,8H,1H2,(H,15,16). The van der Waals surface area contributed by atoms with E-state index in [-0.39, 0.29) is 16.6 Å². The average molecular weight is 291 g/mol. The Morgan fingerprint density at radius 2 is 2.31 bits per heavy atom. The summed E-state index contributed by atoms with van der Waals surface area (Å²) >= 11 is 3.00. The number of aromatic carboxylic acids is 1. The highest BCUT2D eigenvalue weighted by molar-refractivity contribution is 9.08. The number of nitriles is 1. The van der Waals surface area contributed by atoms with Gasteiger partial charge in [-0.1, -0.05) is 15.9 Å². The van der Waals surface area contributed by atoms with E-state index in [9.17, 15) is 13.6 Å². The van der Waals surface area contributed by atoms with Crippen LogP contribution in [0.15, 0.2) is 6.20 Å². The lowest BCUT2D eigenvalue weighted by Gasteiger charge is -2.08. The summed E-state index contributed by atoms with van der Waals surface area (Å²) in [6.07, 6.45) is -2.19. The van der Waals surface area contributed by atoms with Gasteiger partial charge in [0, 0.05) is 11.5 Å². The molecule has 0 aliphatic heterocycles. The van der Waals surface area contributed by atoms with Gasteiger partial charge in [0.1, 0.15) is 6.07 Å². The van der Waals surface area contributed by atoms with Crippen LogP contribution in [0.3, 0.4) is 0 Å². The second kappa shape index (κ2) is 4.99. The van der Waals surface area contributed by atoms with Gasteiger partial charge in [-0.15, -0.1) is 0 Å². The maximum atomic E-state index is 12.5. The van der Waals surface area contributed by atoms with Gasteiger partial charge in [0.05, 0.1) is 22.4 Å². The number of carboxylic acids is 1. The quantitative estimate of drug-likeness (QED) is 0.868. The summed E-state index contributed by atoms with van der Waals surface area (Å²) in [4.78, 5) is 14.5. The highest BCUT2D eigenvalue weighted by Crippen LogP contribution is 2.26. The molecule has 0 spiro atoms. The van der Waals surface area contributed by atoms with Crippen molar-refractivity contribution in [3.8, 4) is 6.07 Å². The Kier molecular flexibility index (Phi) is 3.90. The normalized spacial score (nSPS) is 10.2. The van der Waals surface area contributed by atoms with Crippen LogP contribution in [0.5, 0.6) is 0 Å². The number of hydrogen-bond donors (Lipinski definition) is 1. The van der Waals surface area contributed by atoms with Gasteiger partial charge < -0.3 is 5.11 Å². The molecule has 0 radical (unpaired) electrons. The topological polar surface area (TPSA) is 74.0 Å². The Bertz CT molecular complexity index is 471. The molecule has 0 bridgehead atoms. The third-order valence-electron chi connectivity index (χ3n) is 1.87. The first kappa shape index (κ1) is 12.5. The molecule has 0 aromatic carbocycles. The molecule has 0 saturated heterocycles. The fourth-order valence-electron chi connectivity index (χ4n) is 1.18. The minimum absolute atomic E-state index is 0.125. The molecule has 0 amide bonds. The number of carboxylic acid groups (broad SMARTS) is 1. The van der Waals surface area contributed by atoms with Crippen molar-refractivity contribution in [1.82, 2.24) is 4.98 Å². The van der Waals surface area contributed by atoms with Crippen LogP contribution in [0.25, 0.3) is 0 Å². The van der Waals surface area contributed by atoms with Crippen LogP contribution in [0.4, 0.5) is 8.78 Å². The number of pyridine rings is 1. The molecule has 1 aromatic rings. The second-order valence-electron chi connectivity index (χ2n) is 2.76. The van der Waals surface area contributed by atoms with E-state index in [2.05, 4.69) is 20.9 Å². The smallest absolute Gasteiger partial charge is 0.337 e. The number of rotatable bonds is 3. The third-order valence-corrected chi connectivity index (χ3v) is 2.41. The van der Waals surface area contributed by atoms with Gasteiger partial charge in [0.15, 0.2) is 0 Å². The lowest BCUT2D eigenvalue weighted by Crippen LogP contribution is -2.10. The van der Waals surface area contributed by atoms with Gasteiger partial charge in [0.25, 0.3) is 6.43 Å². The molecule has 0 fully saturated rings. The minimum atomic E-state index is -2.98. The zero-order chi connectivity index (χ0) is 12.3. The molecule has 0 unspecified atom stereocenters. The number of alkyl halides is 3. The van der Waals surface area contributed by atoms with Crippen LogP contribution in [-0.2, 0) is 5.33 Å². The van der Waals surface area contributed by atoms with Crippen LogP contribution < -0.4 is 0 Å². The Morgan fingerprint density at radius 3 is 2.69 bits per heavy atom. The van der Waals surface area contributed by atoms with Gasteiger partial charge in [0.2, 0.25) is 0 Å². The first-order valence-electron chi connectivity index (χ1n) is 4.02. The van der Waals surface area contributed by atoms with Crippen molar-refractivity contribution in [2.45, 2.75) is 11.8 Å². The van der Waals surface area contributed by atoms with Gasteiger partial charge in [-0.05, 0) is 0 Å². The summed E-state index contributed by atoms with van der Waals surface area (Å²) in [7, 11) is 0. The molecule has 7 heteroatoms. The van der Waals surface area contributed by atoms with E-state index in [4.69, 9.17) is 10.4 Å². The summed E-state index contributed by atoms with van der Waals surface area (Å²) < 4.78 is 25.0. The number of aromatic nitrogens is 1. The molecule has 1 aromatic heterocycles. The molecule has 0 atom stereocenters. The first-order valence-corrected chi connectivity index (χ1v) is 5.14. The van der Waals surface area contributed by atoms with E-state index in [1.165, 1.54) is 0 Å². The van der Waals surface area contributed by atoms with Crippen molar-refractivity contribution in [2.24, 2.45) is 0 Å². The fourth-order valence-corrected chi connectivity index (χ4v) is 1.61. The van der Waals surface area contributed by atoms with Crippen molar-refractivity contribution < 1.29 is 18.7 Å². The maximum absolute atomic E-state index is 12.5. The minimum Gasteiger partial charge on any atom is -0.478 e. The summed E-state index contributed by atoms with van der Waals surface area (Å²) in [6.45, 7) is 0. The monoisotopic (exact) mass is 290 g/mol. The number of carbonyl (C=O) groups is 1. The summed E-state index contributed by atoms with van der Waals surface area (Å²) in [5.74, 6) is -1.56. The van der Waals surface area contributed by atoms with Crippen LogP contribution >= 0.6 is 15.9 Å². The molecule has 0 aliphatic carbocycles.